The summed E-state index contributed by atoms with van der Waals surface area (Å²) in [7, 11) is 2.11. The average Bonchev–Trinajstić information content (AvgIpc) is 3.34. The van der Waals surface area contributed by atoms with Gasteiger partial charge in [-0.2, -0.15) is 0 Å². The molecule has 1 amide bonds. The van der Waals surface area contributed by atoms with Crippen LogP contribution in [0.4, 0.5) is 5.69 Å². The van der Waals surface area contributed by atoms with E-state index in [1.807, 2.05) is 19.1 Å². The highest BCUT2D eigenvalue weighted by molar-refractivity contribution is 6.98. The molecule has 6 nitrogen and oxygen atoms in total. The second-order valence-corrected chi connectivity index (χ2v) is 24.1. The fourth-order valence-corrected chi connectivity index (χ4v) is 13.3. The first-order valence-corrected chi connectivity index (χ1v) is 27.9. The number of carbonyl (C=O) groups is 2. The zero-order valence-electron chi connectivity index (χ0n) is 42.4. The van der Waals surface area contributed by atoms with E-state index in [-0.39, 0.29) is 11.7 Å². The Balaban J connectivity index is 1.33. The van der Waals surface area contributed by atoms with Crippen molar-refractivity contribution >= 4 is 63.5 Å². The van der Waals surface area contributed by atoms with Crippen LogP contribution in [0, 0.1) is 6.92 Å². The van der Waals surface area contributed by atoms with Crippen LogP contribution in [-0.4, -0.2) is 70.3 Å². The molecule has 7 heteroatoms. The van der Waals surface area contributed by atoms with Crippen LogP contribution in [0.3, 0.4) is 0 Å². The van der Waals surface area contributed by atoms with Crippen LogP contribution >= 0.6 is 0 Å². The molecule has 0 unspecified atom stereocenters. The third-order valence-electron chi connectivity index (χ3n) is 14.2. The second kappa shape index (κ2) is 22.3. The molecule has 1 heterocycles. The summed E-state index contributed by atoms with van der Waals surface area (Å²) < 4.78 is 2.28. The number of nitrogens with one attached hydrogen (secondary N) is 2. The Labute approximate surface area is 413 Å². The number of Topliss-reactive ketones (excluding diaryl/α,β-unsaturated/α-hetero) is 1. The summed E-state index contributed by atoms with van der Waals surface area (Å²) in [6.07, 6.45) is 17.4. The highest BCUT2D eigenvalue weighted by atomic mass is 28.3. The lowest BCUT2D eigenvalue weighted by Gasteiger charge is -2.38. The van der Waals surface area contributed by atoms with Gasteiger partial charge in [-0.05, 0) is 177 Å². The molecule has 0 saturated carbocycles. The molecule has 0 bridgehead atoms. The maximum atomic E-state index is 12.3. The Morgan fingerprint density at radius 2 is 1.46 bits per heavy atom. The molecule has 69 heavy (non-hydrogen) atoms. The summed E-state index contributed by atoms with van der Waals surface area (Å²) in [5.41, 5.74) is 15.1. The van der Waals surface area contributed by atoms with Gasteiger partial charge in [-0.3, -0.25) is 9.59 Å². The molecule has 356 valence electrons. The SMILES string of the molecule is C=CCN(C)c1ccc2c(c1)[Si](C)(C)C1=CC(=[N+](C)CC=C)C=CC1=C2c1cc(-c2ccc3c(CNCCCNC(=O)C(=C)C)c4ccccc4c(CCCCCCC(=O)C(=C)C)c3c2)ccc1C. The van der Waals surface area contributed by atoms with Crippen molar-refractivity contribution in [2.75, 3.05) is 45.2 Å². The predicted octanol–water partition coefficient (Wildman–Crippen LogP) is 12.4. The number of rotatable bonds is 22. The van der Waals surface area contributed by atoms with Gasteiger partial charge in [0.15, 0.2) is 18.0 Å². The van der Waals surface area contributed by atoms with Gasteiger partial charge in [0, 0.05) is 56.5 Å². The van der Waals surface area contributed by atoms with Crippen molar-refractivity contribution in [2.45, 2.75) is 85.4 Å². The minimum Gasteiger partial charge on any atom is -0.371 e. The van der Waals surface area contributed by atoms with Crippen molar-refractivity contribution in [1.82, 2.24) is 10.6 Å². The molecule has 5 aromatic rings. The van der Waals surface area contributed by atoms with Gasteiger partial charge in [0.25, 0.3) is 0 Å². The van der Waals surface area contributed by atoms with Gasteiger partial charge in [0.1, 0.15) is 15.1 Å². The number of unbranched alkanes of at least 4 members (excludes halogenated alkanes) is 3. The van der Waals surface area contributed by atoms with Crippen LogP contribution in [0.15, 0.2) is 157 Å². The van der Waals surface area contributed by atoms with Crippen LogP contribution in [0.1, 0.15) is 80.2 Å². The van der Waals surface area contributed by atoms with Crippen LogP contribution in [-0.2, 0) is 22.6 Å². The van der Waals surface area contributed by atoms with Crippen molar-refractivity contribution in [3.05, 3.63) is 185 Å². The largest absolute Gasteiger partial charge is 0.371 e. The van der Waals surface area contributed by atoms with Crippen molar-refractivity contribution in [2.24, 2.45) is 0 Å². The fraction of sp³-hybridized carbons (Fsp3) is 0.306. The molecule has 5 aromatic carbocycles. The van der Waals surface area contributed by atoms with Gasteiger partial charge < -0.3 is 15.5 Å². The topological polar surface area (TPSA) is 64.5 Å². The van der Waals surface area contributed by atoms with E-state index in [4.69, 9.17) is 0 Å². The van der Waals surface area contributed by atoms with Crippen LogP contribution in [0.25, 0.3) is 38.2 Å². The lowest BCUT2D eigenvalue weighted by molar-refractivity contribution is -0.484. The molecular formula is C62H73N4O2Si+. The summed E-state index contributed by atoms with van der Waals surface area (Å²) in [5.74, 6) is 0.0723. The summed E-state index contributed by atoms with van der Waals surface area (Å²) in [6, 6.07) is 30.2. The van der Waals surface area contributed by atoms with E-state index in [2.05, 4.69) is 178 Å². The number of hydrogen-bond donors (Lipinski definition) is 2. The van der Waals surface area contributed by atoms with Crippen LogP contribution in [0.5, 0.6) is 0 Å². The highest BCUT2D eigenvalue weighted by Crippen LogP contribution is 2.44. The standard InChI is InChI=1S/C62H72N4O2Si/c1-12-35-65(8)47-28-31-53-59(39-47)69(10,11)60-40-48(66(9)36-13-2)29-32-54(60)61(53)55-37-45(26-25-44(55)7)46-27-30-52-56(38-46)50(21-16-14-15-17-24-58(67)42(3)4)49-22-18-19-23-51(49)57(52)41-63-33-20-34-64-62(68)43(5)6/h12-13,18-19,22-23,25-32,37-40,63H,1-3,5,14-17,20-21,24,33-36,41H2,4,6-11H3/p+1. The van der Waals surface area contributed by atoms with E-state index in [0.717, 1.165) is 58.2 Å². The molecule has 1 aliphatic heterocycles. The first-order chi connectivity index (χ1) is 33.2. The van der Waals surface area contributed by atoms with E-state index in [1.54, 1.807) is 6.92 Å². The minimum absolute atomic E-state index is 0.0972. The third kappa shape index (κ3) is 11.1. The molecule has 7 rings (SSSR count). The summed E-state index contributed by atoms with van der Waals surface area (Å²) in [4.78, 5) is 26.7. The minimum atomic E-state index is -2.19. The van der Waals surface area contributed by atoms with Gasteiger partial charge in [0.05, 0.1) is 0 Å². The van der Waals surface area contributed by atoms with E-state index in [0.29, 0.717) is 30.7 Å². The molecule has 0 atom stereocenters. The maximum Gasteiger partial charge on any atom is 0.246 e. The number of carbonyl (C=O) groups excluding carboxylic acids is 2. The van der Waals surface area contributed by atoms with Gasteiger partial charge in [0.2, 0.25) is 5.91 Å². The van der Waals surface area contributed by atoms with Gasteiger partial charge >= 0.3 is 0 Å². The lowest BCUT2D eigenvalue weighted by atomic mass is 9.85. The van der Waals surface area contributed by atoms with Crippen molar-refractivity contribution in [1.29, 1.82) is 0 Å². The summed E-state index contributed by atoms with van der Waals surface area (Å²) >= 11 is 0. The highest BCUT2D eigenvalue weighted by Gasteiger charge is 2.41. The van der Waals surface area contributed by atoms with Gasteiger partial charge in [-0.25, -0.2) is 4.58 Å². The monoisotopic (exact) mass is 934 g/mol. The zero-order valence-corrected chi connectivity index (χ0v) is 43.4. The first-order valence-electron chi connectivity index (χ1n) is 24.9. The molecule has 0 radical (unpaired) electrons. The number of nitrogens with zero attached hydrogens (tertiary/aromatic N) is 2. The van der Waals surface area contributed by atoms with E-state index >= 15 is 0 Å². The number of fused-ring (bicyclic) bond motifs is 4. The van der Waals surface area contributed by atoms with E-state index in [1.165, 1.54) is 93.4 Å². The van der Waals surface area contributed by atoms with Gasteiger partial charge in [-0.15, -0.1) is 6.58 Å². The third-order valence-corrected chi connectivity index (χ3v) is 17.7. The molecular weight excluding hydrogens is 861 g/mol. The second-order valence-electron chi connectivity index (χ2n) is 19.8. The number of aryl methyl sites for hydroxylation is 2. The Bertz CT molecular complexity index is 3000. The van der Waals surface area contributed by atoms with Crippen molar-refractivity contribution in [3.8, 4) is 11.1 Å². The molecule has 0 saturated heterocycles. The number of likely N-dealkylation sites (N-methyl/N-ethyl adjacent to an activating group) is 2. The van der Waals surface area contributed by atoms with E-state index in [9.17, 15) is 9.59 Å². The number of ketones is 1. The molecule has 0 fully saturated rings. The van der Waals surface area contributed by atoms with Crippen molar-refractivity contribution < 1.29 is 14.2 Å². The molecule has 2 N–H and O–H groups in total. The quantitative estimate of drug-likeness (QED) is 0.0181. The number of benzene rings is 5. The smallest absolute Gasteiger partial charge is 0.246 e. The summed E-state index contributed by atoms with van der Waals surface area (Å²) in [5, 5.41) is 14.7. The molecule has 1 aliphatic carbocycles. The normalized spacial score (nSPS) is 14.5. The Kier molecular flexibility index (Phi) is 16.3. The summed E-state index contributed by atoms with van der Waals surface area (Å²) in [6.45, 7) is 30.1. The number of amides is 1. The maximum absolute atomic E-state index is 12.3. The first kappa shape index (κ1) is 50.5. The Morgan fingerprint density at radius 1 is 0.754 bits per heavy atom. The molecule has 0 aromatic heterocycles. The average molecular weight is 934 g/mol. The fourth-order valence-electron chi connectivity index (χ4n) is 10.2. The zero-order chi connectivity index (χ0) is 49.4. The predicted molar refractivity (Wildman–Crippen MR) is 299 cm³/mol. The van der Waals surface area contributed by atoms with Crippen LogP contribution < -0.4 is 20.7 Å². The Hall–Kier alpha value is -6.41. The number of allylic oxidation sites excluding steroid dienone is 6. The van der Waals surface area contributed by atoms with Crippen molar-refractivity contribution in [3.63, 3.8) is 0 Å². The lowest BCUT2D eigenvalue weighted by Crippen LogP contribution is -2.50. The number of hydrogen-bond acceptors (Lipinski definition) is 4. The molecule has 0 spiro atoms. The van der Waals surface area contributed by atoms with Crippen LogP contribution in [0.2, 0.25) is 13.1 Å². The Morgan fingerprint density at radius 3 is 2.19 bits per heavy atom. The van der Waals surface area contributed by atoms with E-state index < -0.39 is 8.07 Å². The number of anilines is 1. The molecule has 2 aliphatic rings. The van der Waals surface area contributed by atoms with Gasteiger partial charge in [-0.1, -0.05) is 106 Å².